The molecule has 1 atom stereocenters. The van der Waals surface area contributed by atoms with Crippen LogP contribution in [0.3, 0.4) is 0 Å². The first-order valence-corrected chi connectivity index (χ1v) is 6.03. The standard InChI is InChI=1S/C14H14N4O/c15-12(8-19)14-7-16-9-18(14)11-5-10-3-1-2-4-13(10)17-6-11/h1-7,9,12,19H,8,15H2. The molecule has 0 fully saturated rings. The van der Waals surface area contributed by atoms with E-state index >= 15 is 0 Å². The molecule has 5 heteroatoms. The third-order valence-electron chi connectivity index (χ3n) is 3.10. The van der Waals surface area contributed by atoms with Gasteiger partial charge in [-0.3, -0.25) is 4.98 Å². The fourth-order valence-electron chi connectivity index (χ4n) is 2.08. The molecule has 0 spiro atoms. The van der Waals surface area contributed by atoms with Crippen molar-refractivity contribution >= 4 is 10.9 Å². The van der Waals surface area contributed by atoms with Gasteiger partial charge < -0.3 is 15.4 Å². The molecule has 2 aromatic heterocycles. The molecule has 19 heavy (non-hydrogen) atoms. The Hall–Kier alpha value is -2.24. The van der Waals surface area contributed by atoms with Crippen molar-refractivity contribution in [2.45, 2.75) is 6.04 Å². The summed E-state index contributed by atoms with van der Waals surface area (Å²) in [5, 5.41) is 10.2. The van der Waals surface area contributed by atoms with Gasteiger partial charge in [0.2, 0.25) is 0 Å². The molecule has 5 nitrogen and oxygen atoms in total. The van der Waals surface area contributed by atoms with Gasteiger partial charge in [0.05, 0.1) is 48.3 Å². The summed E-state index contributed by atoms with van der Waals surface area (Å²) in [6.07, 6.45) is 5.12. The highest BCUT2D eigenvalue weighted by Crippen LogP contribution is 2.19. The van der Waals surface area contributed by atoms with Crippen LogP contribution in [0.1, 0.15) is 11.7 Å². The van der Waals surface area contributed by atoms with Gasteiger partial charge in [0.15, 0.2) is 0 Å². The number of nitrogens with two attached hydrogens (primary N) is 1. The second kappa shape index (κ2) is 4.79. The molecular weight excluding hydrogens is 240 g/mol. The monoisotopic (exact) mass is 254 g/mol. The fraction of sp³-hybridized carbons (Fsp3) is 0.143. The number of para-hydroxylation sites is 1. The van der Waals surface area contributed by atoms with E-state index in [1.54, 1.807) is 18.7 Å². The van der Waals surface area contributed by atoms with Crippen LogP contribution in [-0.4, -0.2) is 26.2 Å². The molecule has 0 saturated heterocycles. The van der Waals surface area contributed by atoms with Gasteiger partial charge in [-0.15, -0.1) is 0 Å². The molecule has 1 aromatic carbocycles. The summed E-state index contributed by atoms with van der Waals surface area (Å²) in [6.45, 7) is -0.118. The maximum Gasteiger partial charge on any atom is 0.0995 e. The Kier molecular flexibility index (Phi) is 2.98. The molecule has 3 N–H and O–H groups in total. The van der Waals surface area contributed by atoms with E-state index in [0.717, 1.165) is 22.3 Å². The Morgan fingerprint density at radius 1 is 1.26 bits per heavy atom. The molecule has 0 amide bonds. The van der Waals surface area contributed by atoms with Crippen LogP contribution in [0.5, 0.6) is 0 Å². The van der Waals surface area contributed by atoms with Crippen LogP contribution in [0.15, 0.2) is 49.1 Å². The lowest BCUT2D eigenvalue weighted by atomic mass is 10.2. The summed E-state index contributed by atoms with van der Waals surface area (Å²) in [5.41, 5.74) is 8.45. The predicted molar refractivity (Wildman–Crippen MR) is 72.9 cm³/mol. The molecule has 96 valence electrons. The van der Waals surface area contributed by atoms with Gasteiger partial charge in [0, 0.05) is 5.39 Å². The quantitative estimate of drug-likeness (QED) is 0.741. The Morgan fingerprint density at radius 2 is 2.11 bits per heavy atom. The van der Waals surface area contributed by atoms with Crippen LogP contribution in [-0.2, 0) is 0 Å². The normalized spacial score (nSPS) is 12.7. The number of fused-ring (bicyclic) bond motifs is 1. The van der Waals surface area contributed by atoms with Crippen LogP contribution in [0.2, 0.25) is 0 Å². The number of aromatic nitrogens is 3. The largest absolute Gasteiger partial charge is 0.394 e. The minimum absolute atomic E-state index is 0.118. The SMILES string of the molecule is NC(CO)c1cncn1-c1cnc2ccccc2c1. The van der Waals surface area contributed by atoms with Crippen LogP contribution in [0.4, 0.5) is 0 Å². The molecule has 3 rings (SSSR count). The average Bonchev–Trinajstić information content (AvgIpc) is 2.95. The van der Waals surface area contributed by atoms with Crippen LogP contribution in [0.25, 0.3) is 16.6 Å². The molecule has 2 heterocycles. The van der Waals surface area contributed by atoms with Gasteiger partial charge >= 0.3 is 0 Å². The lowest BCUT2D eigenvalue weighted by Gasteiger charge is -2.12. The van der Waals surface area contributed by atoms with E-state index in [1.807, 2.05) is 34.9 Å². The van der Waals surface area contributed by atoms with Crippen molar-refractivity contribution in [3.05, 3.63) is 54.7 Å². The van der Waals surface area contributed by atoms with E-state index in [2.05, 4.69) is 9.97 Å². The zero-order valence-electron chi connectivity index (χ0n) is 10.3. The van der Waals surface area contributed by atoms with Gasteiger partial charge in [-0.1, -0.05) is 18.2 Å². The Morgan fingerprint density at radius 3 is 2.95 bits per heavy atom. The molecule has 0 aliphatic carbocycles. The van der Waals surface area contributed by atoms with Crippen molar-refractivity contribution in [1.82, 2.24) is 14.5 Å². The maximum atomic E-state index is 9.17. The van der Waals surface area contributed by atoms with Crippen molar-refractivity contribution < 1.29 is 5.11 Å². The number of hydrogen-bond donors (Lipinski definition) is 2. The smallest absolute Gasteiger partial charge is 0.0995 e. The van der Waals surface area contributed by atoms with Crippen LogP contribution >= 0.6 is 0 Å². The van der Waals surface area contributed by atoms with Crippen molar-refractivity contribution in [2.75, 3.05) is 6.61 Å². The molecule has 0 aliphatic heterocycles. The van der Waals surface area contributed by atoms with E-state index < -0.39 is 6.04 Å². The summed E-state index contributed by atoms with van der Waals surface area (Å²) in [4.78, 5) is 8.50. The number of rotatable bonds is 3. The van der Waals surface area contributed by atoms with E-state index in [0.29, 0.717) is 0 Å². The molecule has 1 unspecified atom stereocenters. The maximum absolute atomic E-state index is 9.17. The van der Waals surface area contributed by atoms with Gasteiger partial charge in [-0.05, 0) is 12.1 Å². The molecule has 0 radical (unpaired) electrons. The molecule has 0 saturated carbocycles. The van der Waals surface area contributed by atoms with Crippen LogP contribution in [0, 0.1) is 0 Å². The topological polar surface area (TPSA) is 77.0 Å². The van der Waals surface area contributed by atoms with Gasteiger partial charge in [0.1, 0.15) is 0 Å². The number of hydrogen-bond acceptors (Lipinski definition) is 4. The van der Waals surface area contributed by atoms with E-state index in [-0.39, 0.29) is 6.61 Å². The van der Waals surface area contributed by atoms with Crippen molar-refractivity contribution in [2.24, 2.45) is 5.73 Å². The predicted octanol–water partition coefficient (Wildman–Crippen LogP) is 1.41. The first kappa shape index (κ1) is 11.8. The number of pyridine rings is 1. The minimum atomic E-state index is -0.450. The fourth-order valence-corrected chi connectivity index (χ4v) is 2.08. The lowest BCUT2D eigenvalue weighted by Crippen LogP contribution is -2.18. The van der Waals surface area contributed by atoms with Gasteiger partial charge in [-0.25, -0.2) is 4.98 Å². The summed E-state index contributed by atoms with van der Waals surface area (Å²) in [7, 11) is 0. The molecule has 3 aromatic rings. The third kappa shape index (κ3) is 2.09. The highest BCUT2D eigenvalue weighted by Gasteiger charge is 2.12. The lowest BCUT2D eigenvalue weighted by molar-refractivity contribution is 0.265. The Bertz CT molecular complexity index is 707. The highest BCUT2D eigenvalue weighted by atomic mass is 16.3. The molecular formula is C14H14N4O. The Balaban J connectivity index is 2.12. The van der Waals surface area contributed by atoms with Gasteiger partial charge in [0.25, 0.3) is 0 Å². The van der Waals surface area contributed by atoms with Gasteiger partial charge in [-0.2, -0.15) is 0 Å². The number of aliphatic hydroxyl groups is 1. The zero-order chi connectivity index (χ0) is 13.2. The molecule has 0 aliphatic rings. The van der Waals surface area contributed by atoms with Crippen molar-refractivity contribution in [3.63, 3.8) is 0 Å². The molecule has 0 bridgehead atoms. The minimum Gasteiger partial charge on any atom is -0.394 e. The second-order valence-corrected chi connectivity index (χ2v) is 4.36. The number of imidazole rings is 1. The zero-order valence-corrected chi connectivity index (χ0v) is 10.3. The number of nitrogens with zero attached hydrogens (tertiary/aromatic N) is 3. The van der Waals surface area contributed by atoms with Crippen LogP contribution < -0.4 is 5.73 Å². The summed E-state index contributed by atoms with van der Waals surface area (Å²) in [5.74, 6) is 0. The highest BCUT2D eigenvalue weighted by molar-refractivity contribution is 5.80. The van der Waals surface area contributed by atoms with E-state index in [9.17, 15) is 0 Å². The number of aliphatic hydroxyl groups excluding tert-OH is 1. The van der Waals surface area contributed by atoms with E-state index in [4.69, 9.17) is 10.8 Å². The second-order valence-electron chi connectivity index (χ2n) is 4.36. The number of benzene rings is 1. The summed E-state index contributed by atoms with van der Waals surface area (Å²) < 4.78 is 1.85. The first-order chi connectivity index (χ1) is 9.29. The van der Waals surface area contributed by atoms with Crippen molar-refractivity contribution in [1.29, 1.82) is 0 Å². The summed E-state index contributed by atoms with van der Waals surface area (Å²) >= 11 is 0. The van der Waals surface area contributed by atoms with Crippen molar-refractivity contribution in [3.8, 4) is 5.69 Å². The Labute approximate surface area is 110 Å². The summed E-state index contributed by atoms with van der Waals surface area (Å²) in [6, 6.07) is 9.48. The van der Waals surface area contributed by atoms with E-state index in [1.165, 1.54) is 0 Å². The average molecular weight is 254 g/mol. The first-order valence-electron chi connectivity index (χ1n) is 6.03. The third-order valence-corrected chi connectivity index (χ3v) is 3.10.